The van der Waals surface area contributed by atoms with Gasteiger partial charge in [0.05, 0.1) is 5.56 Å². The molecule has 19 heavy (non-hydrogen) atoms. The van der Waals surface area contributed by atoms with E-state index in [0.717, 1.165) is 10.9 Å². The second-order valence-corrected chi connectivity index (χ2v) is 5.64. The second kappa shape index (κ2) is 4.53. The van der Waals surface area contributed by atoms with E-state index in [9.17, 15) is 9.59 Å². The van der Waals surface area contributed by atoms with Crippen molar-refractivity contribution in [3.05, 3.63) is 45.7 Å². The van der Waals surface area contributed by atoms with E-state index < -0.39 is 0 Å². The van der Waals surface area contributed by atoms with Crippen LogP contribution in [0.2, 0.25) is 0 Å². The zero-order valence-electron chi connectivity index (χ0n) is 11.6. The largest absolute Gasteiger partial charge is 0.355 e. The molecule has 4 nitrogen and oxygen atoms in total. The molecule has 0 saturated carbocycles. The summed E-state index contributed by atoms with van der Waals surface area (Å²) in [6, 6.07) is 7.14. The molecular weight excluding hydrogens is 240 g/mol. The second-order valence-electron chi connectivity index (χ2n) is 5.64. The van der Waals surface area contributed by atoms with Gasteiger partial charge in [0.1, 0.15) is 0 Å². The Labute approximate surface area is 111 Å². The third kappa shape index (κ3) is 2.52. The third-order valence-electron chi connectivity index (χ3n) is 3.18. The summed E-state index contributed by atoms with van der Waals surface area (Å²) < 4.78 is 0. The predicted molar refractivity (Wildman–Crippen MR) is 76.7 cm³/mol. The van der Waals surface area contributed by atoms with E-state index in [2.05, 4.69) is 31.1 Å². The van der Waals surface area contributed by atoms with Crippen molar-refractivity contribution >= 4 is 16.8 Å². The normalized spacial score (nSPS) is 11.6. The molecule has 0 unspecified atom stereocenters. The summed E-state index contributed by atoms with van der Waals surface area (Å²) in [5.74, 6) is -0.248. The van der Waals surface area contributed by atoms with Crippen molar-refractivity contribution in [2.24, 2.45) is 0 Å². The molecule has 1 heterocycles. The number of H-pyrrole nitrogens is 1. The first-order valence-electron chi connectivity index (χ1n) is 6.22. The quantitative estimate of drug-likeness (QED) is 0.823. The molecule has 2 N–H and O–H groups in total. The molecule has 0 aliphatic rings. The van der Waals surface area contributed by atoms with Crippen molar-refractivity contribution in [2.75, 3.05) is 7.05 Å². The number of fused-ring (bicyclic) bond motifs is 1. The molecule has 0 spiro atoms. The molecular formula is C15H18N2O2. The monoisotopic (exact) mass is 258 g/mol. The summed E-state index contributed by atoms with van der Waals surface area (Å²) >= 11 is 0. The van der Waals surface area contributed by atoms with Gasteiger partial charge in [-0.05, 0) is 23.1 Å². The van der Waals surface area contributed by atoms with Crippen LogP contribution in [0.5, 0.6) is 0 Å². The van der Waals surface area contributed by atoms with Crippen molar-refractivity contribution in [1.82, 2.24) is 10.3 Å². The minimum Gasteiger partial charge on any atom is -0.355 e. The molecule has 2 rings (SSSR count). The highest BCUT2D eigenvalue weighted by atomic mass is 16.1. The van der Waals surface area contributed by atoms with E-state index in [0.29, 0.717) is 11.1 Å². The average Bonchev–Trinajstić information content (AvgIpc) is 2.35. The van der Waals surface area contributed by atoms with Gasteiger partial charge >= 0.3 is 0 Å². The number of carbonyl (C=O) groups excluding carboxylic acids is 1. The highest BCUT2D eigenvalue weighted by molar-refractivity contribution is 6.06. The van der Waals surface area contributed by atoms with E-state index in [4.69, 9.17) is 0 Å². The van der Waals surface area contributed by atoms with Crippen LogP contribution < -0.4 is 10.9 Å². The fourth-order valence-corrected chi connectivity index (χ4v) is 2.04. The smallest absolute Gasteiger partial charge is 0.251 e. The number of carbonyl (C=O) groups is 1. The van der Waals surface area contributed by atoms with Crippen LogP contribution >= 0.6 is 0 Å². The molecule has 1 amide bonds. The van der Waals surface area contributed by atoms with Crippen molar-refractivity contribution in [3.8, 4) is 0 Å². The van der Waals surface area contributed by atoms with E-state index in [1.807, 2.05) is 18.2 Å². The van der Waals surface area contributed by atoms with Crippen molar-refractivity contribution in [2.45, 2.75) is 26.2 Å². The molecule has 0 atom stereocenters. The fourth-order valence-electron chi connectivity index (χ4n) is 2.04. The van der Waals surface area contributed by atoms with Gasteiger partial charge in [0.25, 0.3) is 5.91 Å². The van der Waals surface area contributed by atoms with Gasteiger partial charge in [-0.1, -0.05) is 26.8 Å². The maximum atomic E-state index is 11.9. The molecule has 0 saturated heterocycles. The Kier molecular flexibility index (Phi) is 3.18. The van der Waals surface area contributed by atoms with Crippen molar-refractivity contribution in [3.63, 3.8) is 0 Å². The SMILES string of the molecule is CNC(=O)c1cc(=O)[nH]c2ccc(C(C)(C)C)cc12. The molecule has 100 valence electrons. The van der Waals surface area contributed by atoms with Crippen LogP contribution in [0, 0.1) is 0 Å². The zero-order valence-corrected chi connectivity index (χ0v) is 11.6. The molecule has 1 aromatic heterocycles. The Morgan fingerprint density at radius 2 is 1.89 bits per heavy atom. The van der Waals surface area contributed by atoms with Crippen LogP contribution in [-0.4, -0.2) is 17.9 Å². The Morgan fingerprint density at radius 3 is 2.47 bits per heavy atom. The third-order valence-corrected chi connectivity index (χ3v) is 3.18. The lowest BCUT2D eigenvalue weighted by molar-refractivity contribution is 0.0964. The molecule has 0 aliphatic carbocycles. The van der Waals surface area contributed by atoms with Crippen LogP contribution in [0.25, 0.3) is 10.9 Å². The Bertz CT molecular complexity index is 693. The van der Waals surface area contributed by atoms with E-state index in [1.54, 1.807) is 7.05 Å². The lowest BCUT2D eigenvalue weighted by atomic mass is 9.86. The lowest BCUT2D eigenvalue weighted by Crippen LogP contribution is -2.21. The van der Waals surface area contributed by atoms with Gasteiger partial charge in [0.2, 0.25) is 5.56 Å². The summed E-state index contributed by atoms with van der Waals surface area (Å²) in [6.45, 7) is 6.33. The first kappa shape index (κ1) is 13.3. The summed E-state index contributed by atoms with van der Waals surface area (Å²) in [6.07, 6.45) is 0. The average molecular weight is 258 g/mol. The lowest BCUT2D eigenvalue weighted by Gasteiger charge is -2.19. The van der Waals surface area contributed by atoms with Crippen LogP contribution in [0.4, 0.5) is 0 Å². The van der Waals surface area contributed by atoms with Crippen LogP contribution in [-0.2, 0) is 5.41 Å². The number of amides is 1. The summed E-state index contributed by atoms with van der Waals surface area (Å²) in [4.78, 5) is 26.2. The number of hydrogen-bond acceptors (Lipinski definition) is 2. The van der Waals surface area contributed by atoms with E-state index in [1.165, 1.54) is 6.07 Å². The highest BCUT2D eigenvalue weighted by Gasteiger charge is 2.16. The molecule has 1 aromatic carbocycles. The van der Waals surface area contributed by atoms with Gasteiger partial charge in [0, 0.05) is 24.0 Å². The summed E-state index contributed by atoms with van der Waals surface area (Å²) in [5.41, 5.74) is 1.93. The maximum Gasteiger partial charge on any atom is 0.251 e. The number of rotatable bonds is 1. The first-order chi connectivity index (χ1) is 8.82. The van der Waals surface area contributed by atoms with E-state index in [-0.39, 0.29) is 16.9 Å². The predicted octanol–water partition coefficient (Wildman–Crippen LogP) is 2.19. The van der Waals surface area contributed by atoms with Crippen LogP contribution in [0.1, 0.15) is 36.7 Å². The van der Waals surface area contributed by atoms with E-state index >= 15 is 0 Å². The highest BCUT2D eigenvalue weighted by Crippen LogP contribution is 2.26. The van der Waals surface area contributed by atoms with Gasteiger partial charge in [-0.2, -0.15) is 0 Å². The topological polar surface area (TPSA) is 62.0 Å². The first-order valence-corrected chi connectivity index (χ1v) is 6.22. The Morgan fingerprint density at radius 1 is 1.21 bits per heavy atom. The van der Waals surface area contributed by atoms with Gasteiger partial charge in [-0.25, -0.2) is 0 Å². The Balaban J connectivity index is 2.79. The summed E-state index contributed by atoms with van der Waals surface area (Å²) in [7, 11) is 1.56. The standard InChI is InChI=1S/C15H18N2O2/c1-15(2,3)9-5-6-12-10(7-9)11(14(19)16-4)8-13(18)17-12/h5-8H,1-4H3,(H,16,19)(H,17,18). The number of aromatic nitrogens is 1. The molecule has 0 fully saturated rings. The zero-order chi connectivity index (χ0) is 14.2. The Hall–Kier alpha value is -2.10. The number of benzene rings is 1. The van der Waals surface area contributed by atoms with Gasteiger partial charge in [-0.3, -0.25) is 9.59 Å². The van der Waals surface area contributed by atoms with Gasteiger partial charge < -0.3 is 10.3 Å². The number of nitrogens with one attached hydrogen (secondary N) is 2. The molecule has 4 heteroatoms. The molecule has 0 aliphatic heterocycles. The van der Waals surface area contributed by atoms with Crippen molar-refractivity contribution in [1.29, 1.82) is 0 Å². The van der Waals surface area contributed by atoms with Crippen LogP contribution in [0.15, 0.2) is 29.1 Å². The minimum atomic E-state index is -0.269. The minimum absolute atomic E-state index is 0.00964. The van der Waals surface area contributed by atoms with Crippen LogP contribution in [0.3, 0.4) is 0 Å². The molecule has 0 bridgehead atoms. The molecule has 2 aromatic rings. The van der Waals surface area contributed by atoms with Crippen molar-refractivity contribution < 1.29 is 4.79 Å². The number of aromatic amines is 1. The molecule has 0 radical (unpaired) electrons. The number of hydrogen-bond donors (Lipinski definition) is 2. The maximum absolute atomic E-state index is 11.9. The fraction of sp³-hybridized carbons (Fsp3) is 0.333. The summed E-state index contributed by atoms with van der Waals surface area (Å²) in [5, 5.41) is 3.34. The number of pyridine rings is 1. The van der Waals surface area contributed by atoms with Gasteiger partial charge in [-0.15, -0.1) is 0 Å². The van der Waals surface area contributed by atoms with Gasteiger partial charge in [0.15, 0.2) is 0 Å².